The Kier molecular flexibility index (Phi) is 7.53. The van der Waals surface area contributed by atoms with Gasteiger partial charge in [0.2, 0.25) is 0 Å². The van der Waals surface area contributed by atoms with Gasteiger partial charge in [-0.15, -0.1) is 0 Å². The van der Waals surface area contributed by atoms with Crippen LogP contribution in [0.15, 0.2) is 66.2 Å². The highest BCUT2D eigenvalue weighted by atomic mass is 127. The van der Waals surface area contributed by atoms with Crippen molar-refractivity contribution in [1.29, 1.82) is 0 Å². The predicted octanol–water partition coefficient (Wildman–Crippen LogP) is 4.38. The van der Waals surface area contributed by atoms with Gasteiger partial charge in [0, 0.05) is 0 Å². The lowest BCUT2D eigenvalue weighted by atomic mass is 10.1. The number of ether oxygens (including phenoxy) is 2. The summed E-state index contributed by atoms with van der Waals surface area (Å²) in [6.45, 7) is 0.141. The number of carbonyl (C=O) groups excluding carboxylic acids is 3. The number of carbonyl (C=O) groups is 4. The van der Waals surface area contributed by atoms with Crippen LogP contribution in [0, 0.1) is 9.39 Å². The molecule has 1 fully saturated rings. The quantitative estimate of drug-likeness (QED) is 0.230. The summed E-state index contributed by atoms with van der Waals surface area (Å²) in [5.74, 6) is -2.55. The molecule has 0 atom stereocenters. The molecule has 2 N–H and O–H groups in total. The summed E-state index contributed by atoms with van der Waals surface area (Å²) in [6, 6.07) is 13.2. The number of hydrogen-bond acceptors (Lipinski definition) is 6. The molecule has 37 heavy (non-hydrogen) atoms. The first-order chi connectivity index (χ1) is 17.7. The molecule has 0 bridgehead atoms. The number of hydrogen-bond donors (Lipinski definition) is 2. The molecular weight excluding hydrogens is 598 g/mol. The van der Waals surface area contributed by atoms with E-state index in [0.29, 0.717) is 20.6 Å². The lowest BCUT2D eigenvalue weighted by Gasteiger charge is -2.26. The average Bonchev–Trinajstić information content (AvgIpc) is 2.87. The third kappa shape index (κ3) is 5.61. The lowest BCUT2D eigenvalue weighted by molar-refractivity contribution is -0.122. The number of rotatable bonds is 7. The van der Waals surface area contributed by atoms with Crippen molar-refractivity contribution in [3.8, 4) is 11.5 Å². The summed E-state index contributed by atoms with van der Waals surface area (Å²) in [5, 5.41) is 11.1. The number of aromatic carboxylic acids is 1. The SMILES string of the molecule is COc1cc(/C=C2\C(=O)NC(=O)N(c3ccc(F)cc3)C2=O)cc(I)c1OCc1ccc(C(=O)O)cc1. The number of barbiturate groups is 1. The summed E-state index contributed by atoms with van der Waals surface area (Å²) in [7, 11) is 1.43. The summed E-state index contributed by atoms with van der Waals surface area (Å²) < 4.78 is 25.3. The number of carboxylic acids is 1. The van der Waals surface area contributed by atoms with Gasteiger partial charge in [0.05, 0.1) is 21.9 Å². The van der Waals surface area contributed by atoms with Crippen LogP contribution in [0.2, 0.25) is 0 Å². The number of nitrogens with one attached hydrogen (secondary N) is 1. The van der Waals surface area contributed by atoms with E-state index in [0.717, 1.165) is 22.6 Å². The highest BCUT2D eigenvalue weighted by Gasteiger charge is 2.36. The Morgan fingerprint density at radius 2 is 1.76 bits per heavy atom. The molecule has 1 saturated heterocycles. The summed E-state index contributed by atoms with van der Waals surface area (Å²) in [4.78, 5) is 49.6. The predicted molar refractivity (Wildman–Crippen MR) is 139 cm³/mol. The van der Waals surface area contributed by atoms with E-state index in [9.17, 15) is 23.6 Å². The topological polar surface area (TPSA) is 122 Å². The maximum atomic E-state index is 13.3. The van der Waals surface area contributed by atoms with E-state index in [-0.39, 0.29) is 23.4 Å². The average molecular weight is 616 g/mol. The molecule has 11 heteroatoms. The second-order valence-electron chi connectivity index (χ2n) is 7.76. The smallest absolute Gasteiger partial charge is 0.335 e. The largest absolute Gasteiger partial charge is 0.493 e. The molecule has 0 spiro atoms. The van der Waals surface area contributed by atoms with Gasteiger partial charge >= 0.3 is 12.0 Å². The van der Waals surface area contributed by atoms with E-state index >= 15 is 0 Å². The minimum Gasteiger partial charge on any atom is -0.493 e. The molecule has 0 aromatic heterocycles. The van der Waals surface area contributed by atoms with Crippen molar-refractivity contribution in [2.45, 2.75) is 6.61 Å². The van der Waals surface area contributed by atoms with Crippen LogP contribution in [-0.4, -0.2) is 36.0 Å². The summed E-state index contributed by atoms with van der Waals surface area (Å²) >= 11 is 2.02. The number of carboxylic acid groups (broad SMARTS) is 1. The standard InChI is InChI=1S/C26H18FIN2O7/c1-36-21-12-15(11-20(28)22(21)37-13-14-2-4-16(5-3-14)25(33)34)10-19-23(31)29-26(35)30(24(19)32)18-8-6-17(27)7-9-18/h2-12H,13H2,1H3,(H,33,34)(H,29,31,35)/b19-10+. The minimum atomic E-state index is -1.02. The number of amides is 4. The van der Waals surface area contributed by atoms with Crippen molar-refractivity contribution >= 4 is 58.2 Å². The first-order valence-corrected chi connectivity index (χ1v) is 11.8. The molecule has 1 aliphatic heterocycles. The Labute approximate surface area is 223 Å². The van der Waals surface area contributed by atoms with E-state index in [1.165, 1.54) is 37.5 Å². The van der Waals surface area contributed by atoms with Crippen LogP contribution in [0.25, 0.3) is 6.08 Å². The minimum absolute atomic E-state index is 0.106. The van der Waals surface area contributed by atoms with Gasteiger partial charge in [-0.1, -0.05) is 12.1 Å². The zero-order valence-electron chi connectivity index (χ0n) is 19.2. The number of anilines is 1. The van der Waals surface area contributed by atoms with Gasteiger partial charge in [0.1, 0.15) is 18.0 Å². The Hall–Kier alpha value is -4.26. The number of benzene rings is 3. The first kappa shape index (κ1) is 25.8. The Balaban J connectivity index is 1.60. The third-order valence-corrected chi connectivity index (χ3v) is 6.13. The third-order valence-electron chi connectivity index (χ3n) is 5.33. The van der Waals surface area contributed by atoms with Crippen LogP contribution < -0.4 is 19.7 Å². The van der Waals surface area contributed by atoms with Gasteiger partial charge in [-0.2, -0.15) is 0 Å². The van der Waals surface area contributed by atoms with E-state index < -0.39 is 29.6 Å². The zero-order valence-corrected chi connectivity index (χ0v) is 21.3. The highest BCUT2D eigenvalue weighted by molar-refractivity contribution is 14.1. The van der Waals surface area contributed by atoms with Crippen molar-refractivity contribution in [3.63, 3.8) is 0 Å². The van der Waals surface area contributed by atoms with E-state index in [1.807, 2.05) is 22.6 Å². The van der Waals surface area contributed by atoms with Gasteiger partial charge in [0.25, 0.3) is 11.8 Å². The van der Waals surface area contributed by atoms with Crippen molar-refractivity contribution in [3.05, 3.63) is 92.3 Å². The second-order valence-corrected chi connectivity index (χ2v) is 8.92. The van der Waals surface area contributed by atoms with Crippen molar-refractivity contribution in [2.75, 3.05) is 12.0 Å². The second kappa shape index (κ2) is 10.8. The van der Waals surface area contributed by atoms with E-state index in [1.54, 1.807) is 24.3 Å². The Bertz CT molecular complexity index is 1440. The molecule has 3 aromatic carbocycles. The van der Waals surface area contributed by atoms with E-state index in [2.05, 4.69) is 5.32 Å². The van der Waals surface area contributed by atoms with Crippen molar-refractivity contribution in [2.24, 2.45) is 0 Å². The normalized spacial score (nSPS) is 14.5. The van der Waals surface area contributed by atoms with Gasteiger partial charge in [0.15, 0.2) is 11.5 Å². The molecule has 1 heterocycles. The van der Waals surface area contributed by atoms with E-state index in [4.69, 9.17) is 14.6 Å². The molecule has 0 unspecified atom stereocenters. The molecular formula is C26H18FIN2O7. The van der Waals surface area contributed by atoms with Gasteiger partial charge in [-0.25, -0.2) is 18.9 Å². The molecule has 0 saturated carbocycles. The fourth-order valence-electron chi connectivity index (χ4n) is 3.51. The maximum absolute atomic E-state index is 13.3. The van der Waals surface area contributed by atoms with Crippen LogP contribution >= 0.6 is 22.6 Å². The molecule has 9 nitrogen and oxygen atoms in total. The summed E-state index contributed by atoms with van der Waals surface area (Å²) in [6.07, 6.45) is 1.32. The number of halogens is 2. The van der Waals surface area contributed by atoms with Crippen LogP contribution in [0.1, 0.15) is 21.5 Å². The number of nitrogens with zero attached hydrogens (tertiary/aromatic N) is 1. The van der Waals surface area contributed by atoms with Gasteiger partial charge < -0.3 is 14.6 Å². The molecule has 3 aromatic rings. The molecule has 4 rings (SSSR count). The van der Waals surface area contributed by atoms with Crippen molar-refractivity contribution < 1.29 is 38.1 Å². The fraction of sp³-hybridized carbons (Fsp3) is 0.0769. The number of imide groups is 2. The first-order valence-electron chi connectivity index (χ1n) is 10.7. The molecule has 0 aliphatic carbocycles. The number of urea groups is 1. The molecule has 0 radical (unpaired) electrons. The molecule has 1 aliphatic rings. The summed E-state index contributed by atoms with van der Waals surface area (Å²) in [5.41, 5.74) is 1.15. The lowest BCUT2D eigenvalue weighted by Crippen LogP contribution is -2.54. The van der Waals surface area contributed by atoms with Crippen LogP contribution in [0.5, 0.6) is 11.5 Å². The van der Waals surface area contributed by atoms with Crippen molar-refractivity contribution in [1.82, 2.24) is 5.32 Å². The van der Waals surface area contributed by atoms with Crippen LogP contribution in [0.4, 0.5) is 14.9 Å². The van der Waals surface area contributed by atoms with Crippen LogP contribution in [-0.2, 0) is 16.2 Å². The van der Waals surface area contributed by atoms with Gasteiger partial charge in [-0.05, 0) is 88.3 Å². The Morgan fingerprint density at radius 1 is 1.08 bits per heavy atom. The maximum Gasteiger partial charge on any atom is 0.335 e. The fourth-order valence-corrected chi connectivity index (χ4v) is 4.29. The number of methoxy groups -OCH3 is 1. The monoisotopic (exact) mass is 616 g/mol. The zero-order chi connectivity index (χ0) is 26.7. The van der Waals surface area contributed by atoms with Crippen LogP contribution in [0.3, 0.4) is 0 Å². The molecule has 188 valence electrons. The Morgan fingerprint density at radius 3 is 2.38 bits per heavy atom. The highest BCUT2D eigenvalue weighted by Crippen LogP contribution is 2.35. The van der Waals surface area contributed by atoms with Gasteiger partial charge in [-0.3, -0.25) is 14.9 Å². The molecule has 4 amide bonds.